The Kier molecular flexibility index (Phi) is 5.82. The normalized spacial score (nSPS) is 20.1. The number of carbonyl (C=O) groups is 1. The Hall–Kier alpha value is -3.08. The SMILES string of the molecule is C=C1C(=N)/C(=C(/C)N)C(c2ccc(C)cc2)N1C(/C=C\C=O)=C/N(C)C. The summed E-state index contributed by atoms with van der Waals surface area (Å²) >= 11 is 0. The van der Waals surface area contributed by atoms with E-state index >= 15 is 0 Å². The van der Waals surface area contributed by atoms with E-state index in [4.69, 9.17) is 11.1 Å². The van der Waals surface area contributed by atoms with Crippen LogP contribution < -0.4 is 5.73 Å². The molecule has 1 atom stereocenters. The van der Waals surface area contributed by atoms with Crippen LogP contribution in [-0.4, -0.2) is 35.9 Å². The number of hydrogen-bond donors (Lipinski definition) is 2. The summed E-state index contributed by atoms with van der Waals surface area (Å²) in [5.74, 6) is 0. The number of aryl methyl sites for hydroxylation is 1. The van der Waals surface area contributed by atoms with Gasteiger partial charge in [0.05, 0.1) is 23.1 Å². The molecule has 0 saturated carbocycles. The second kappa shape index (κ2) is 7.87. The molecule has 1 heterocycles. The van der Waals surface area contributed by atoms with Gasteiger partial charge in [0.25, 0.3) is 0 Å². The van der Waals surface area contributed by atoms with E-state index in [1.165, 1.54) is 6.08 Å². The molecular weight excluding hydrogens is 324 g/mol. The molecular formula is C21H26N4O. The van der Waals surface area contributed by atoms with Crippen molar-refractivity contribution in [3.8, 4) is 0 Å². The number of allylic oxidation sites excluding steroid dienone is 4. The molecule has 5 nitrogen and oxygen atoms in total. The van der Waals surface area contributed by atoms with Crippen molar-refractivity contribution in [1.29, 1.82) is 5.41 Å². The van der Waals surface area contributed by atoms with Crippen molar-refractivity contribution in [2.24, 2.45) is 5.73 Å². The molecule has 136 valence electrons. The molecule has 2 rings (SSSR count). The molecule has 5 heteroatoms. The van der Waals surface area contributed by atoms with Crippen LogP contribution in [0, 0.1) is 12.3 Å². The molecule has 1 aromatic rings. The Labute approximate surface area is 155 Å². The third kappa shape index (κ3) is 3.77. The van der Waals surface area contributed by atoms with Crippen molar-refractivity contribution in [3.05, 3.63) is 83.0 Å². The summed E-state index contributed by atoms with van der Waals surface area (Å²) in [6.45, 7) is 7.95. The fourth-order valence-electron chi connectivity index (χ4n) is 3.07. The minimum atomic E-state index is -0.261. The second-order valence-electron chi connectivity index (χ2n) is 6.61. The van der Waals surface area contributed by atoms with Crippen LogP contribution in [-0.2, 0) is 4.79 Å². The molecule has 0 aliphatic carbocycles. The molecule has 0 aromatic heterocycles. The van der Waals surface area contributed by atoms with Gasteiger partial charge < -0.3 is 15.5 Å². The van der Waals surface area contributed by atoms with Crippen molar-refractivity contribution < 1.29 is 4.79 Å². The summed E-state index contributed by atoms with van der Waals surface area (Å²) < 4.78 is 0. The molecule has 1 aromatic carbocycles. The Morgan fingerprint density at radius 1 is 1.31 bits per heavy atom. The number of aldehydes is 1. The number of hydrogen-bond acceptors (Lipinski definition) is 5. The molecule has 1 aliphatic rings. The van der Waals surface area contributed by atoms with Crippen molar-refractivity contribution in [3.63, 3.8) is 0 Å². The molecule has 0 radical (unpaired) electrons. The lowest BCUT2D eigenvalue weighted by atomic mass is 9.96. The molecule has 0 amide bonds. The monoisotopic (exact) mass is 350 g/mol. The minimum Gasteiger partial charge on any atom is -0.402 e. The zero-order chi connectivity index (χ0) is 19.4. The minimum absolute atomic E-state index is 0.261. The summed E-state index contributed by atoms with van der Waals surface area (Å²) in [4.78, 5) is 14.7. The van der Waals surface area contributed by atoms with Crippen LogP contribution in [0.25, 0.3) is 0 Å². The first-order valence-corrected chi connectivity index (χ1v) is 8.38. The first-order valence-electron chi connectivity index (χ1n) is 8.38. The third-order valence-corrected chi connectivity index (χ3v) is 4.21. The van der Waals surface area contributed by atoms with Gasteiger partial charge in [-0.3, -0.25) is 10.2 Å². The summed E-state index contributed by atoms with van der Waals surface area (Å²) in [7, 11) is 3.81. The summed E-state index contributed by atoms with van der Waals surface area (Å²) in [5.41, 5.74) is 11.3. The number of likely N-dealkylation sites (tertiary alicyclic amines) is 1. The highest BCUT2D eigenvalue weighted by Gasteiger charge is 2.39. The van der Waals surface area contributed by atoms with Gasteiger partial charge in [-0.1, -0.05) is 36.4 Å². The lowest BCUT2D eigenvalue weighted by Crippen LogP contribution is -2.23. The first kappa shape index (κ1) is 19.2. The highest BCUT2D eigenvalue weighted by atomic mass is 16.1. The van der Waals surface area contributed by atoms with Crippen molar-refractivity contribution in [1.82, 2.24) is 9.80 Å². The number of nitrogens with one attached hydrogen (secondary N) is 1. The largest absolute Gasteiger partial charge is 0.402 e. The van der Waals surface area contributed by atoms with Crippen LogP contribution >= 0.6 is 0 Å². The fourth-order valence-corrected chi connectivity index (χ4v) is 3.07. The zero-order valence-corrected chi connectivity index (χ0v) is 15.8. The molecule has 3 N–H and O–H groups in total. The average molecular weight is 350 g/mol. The van der Waals surface area contributed by atoms with E-state index in [9.17, 15) is 4.79 Å². The number of carbonyl (C=O) groups excluding carboxylic acids is 1. The molecule has 26 heavy (non-hydrogen) atoms. The van der Waals surface area contributed by atoms with Crippen LogP contribution in [0.15, 0.2) is 71.9 Å². The topological polar surface area (TPSA) is 73.4 Å². The molecule has 0 bridgehead atoms. The quantitative estimate of drug-likeness (QED) is 0.486. The van der Waals surface area contributed by atoms with E-state index in [1.807, 2.05) is 61.3 Å². The summed E-state index contributed by atoms with van der Waals surface area (Å²) in [6.07, 6.45) is 5.80. The molecule has 1 unspecified atom stereocenters. The van der Waals surface area contributed by atoms with Crippen molar-refractivity contribution >= 4 is 12.0 Å². The van der Waals surface area contributed by atoms with E-state index in [2.05, 4.69) is 6.58 Å². The molecule has 0 spiro atoms. The maximum absolute atomic E-state index is 10.9. The van der Waals surface area contributed by atoms with Gasteiger partial charge in [-0.2, -0.15) is 0 Å². The number of nitrogens with zero attached hydrogens (tertiary/aromatic N) is 2. The van der Waals surface area contributed by atoms with Gasteiger partial charge in [-0.25, -0.2) is 0 Å². The van der Waals surface area contributed by atoms with Gasteiger partial charge in [0.2, 0.25) is 0 Å². The van der Waals surface area contributed by atoms with Crippen LogP contribution in [0.4, 0.5) is 0 Å². The zero-order valence-electron chi connectivity index (χ0n) is 15.8. The maximum Gasteiger partial charge on any atom is 0.142 e. The number of rotatable bonds is 5. The lowest BCUT2D eigenvalue weighted by molar-refractivity contribution is -0.104. The predicted octanol–water partition coefficient (Wildman–Crippen LogP) is 3.28. The second-order valence-corrected chi connectivity index (χ2v) is 6.61. The highest BCUT2D eigenvalue weighted by Crippen LogP contribution is 2.43. The van der Waals surface area contributed by atoms with E-state index in [0.717, 1.165) is 28.7 Å². The lowest BCUT2D eigenvalue weighted by Gasteiger charge is -2.29. The van der Waals surface area contributed by atoms with Gasteiger partial charge >= 0.3 is 0 Å². The van der Waals surface area contributed by atoms with Gasteiger partial charge in [-0.05, 0) is 31.6 Å². The Morgan fingerprint density at radius 3 is 2.42 bits per heavy atom. The van der Waals surface area contributed by atoms with E-state index in [0.29, 0.717) is 17.1 Å². The van der Waals surface area contributed by atoms with Gasteiger partial charge in [0, 0.05) is 31.6 Å². The van der Waals surface area contributed by atoms with E-state index in [-0.39, 0.29) is 6.04 Å². The maximum atomic E-state index is 10.9. The van der Waals surface area contributed by atoms with Crippen LogP contribution in [0.3, 0.4) is 0 Å². The number of nitrogens with two attached hydrogens (primary N) is 1. The molecule has 1 saturated heterocycles. The summed E-state index contributed by atoms with van der Waals surface area (Å²) in [5, 5.41) is 8.53. The summed E-state index contributed by atoms with van der Waals surface area (Å²) in [6, 6.07) is 7.90. The van der Waals surface area contributed by atoms with E-state index < -0.39 is 0 Å². The Morgan fingerprint density at radius 2 is 1.92 bits per heavy atom. The van der Waals surface area contributed by atoms with Gasteiger partial charge in [-0.15, -0.1) is 0 Å². The predicted molar refractivity (Wildman–Crippen MR) is 106 cm³/mol. The van der Waals surface area contributed by atoms with Crippen molar-refractivity contribution in [2.45, 2.75) is 19.9 Å². The first-order chi connectivity index (χ1) is 12.3. The fraction of sp³-hybridized carbons (Fsp3) is 0.238. The standard InChI is InChI=1S/C21H26N4O/c1-14-8-10-17(11-9-14)21-19(15(2)22)20(23)16(3)25(21)18(7-6-12-26)13-24(4)5/h6-13,21,23H,3,22H2,1-2,4-5H3/b7-6-,18-13+,19-15+,23-20?. The van der Waals surface area contributed by atoms with Gasteiger partial charge in [0.15, 0.2) is 0 Å². The Balaban J connectivity index is 2.70. The molecule has 1 fully saturated rings. The van der Waals surface area contributed by atoms with E-state index in [1.54, 1.807) is 13.0 Å². The Bertz CT molecular complexity index is 809. The van der Waals surface area contributed by atoms with Crippen LogP contribution in [0.2, 0.25) is 0 Å². The van der Waals surface area contributed by atoms with Crippen LogP contribution in [0.1, 0.15) is 24.1 Å². The average Bonchev–Trinajstić information content (AvgIpc) is 2.84. The van der Waals surface area contributed by atoms with Crippen LogP contribution in [0.5, 0.6) is 0 Å². The highest BCUT2D eigenvalue weighted by molar-refractivity contribution is 6.13. The molecule has 1 aliphatic heterocycles. The third-order valence-electron chi connectivity index (χ3n) is 4.21. The smallest absolute Gasteiger partial charge is 0.142 e. The van der Waals surface area contributed by atoms with Crippen molar-refractivity contribution in [2.75, 3.05) is 14.1 Å². The van der Waals surface area contributed by atoms with Gasteiger partial charge in [0.1, 0.15) is 6.29 Å². The number of benzene rings is 1.